The average Bonchev–Trinajstić information content (AvgIpc) is 2.29. The van der Waals surface area contributed by atoms with Gasteiger partial charge in [-0.15, -0.1) is 11.8 Å². The van der Waals surface area contributed by atoms with E-state index in [0.717, 1.165) is 5.56 Å². The summed E-state index contributed by atoms with van der Waals surface area (Å²) in [4.78, 5) is 22.0. The fourth-order valence-corrected chi connectivity index (χ4v) is 1.92. The van der Waals surface area contributed by atoms with E-state index in [4.69, 9.17) is 5.73 Å². The summed E-state index contributed by atoms with van der Waals surface area (Å²) < 4.78 is 0. The molecule has 0 radical (unpaired) electrons. The van der Waals surface area contributed by atoms with Gasteiger partial charge >= 0.3 is 0 Å². The van der Waals surface area contributed by atoms with Crippen LogP contribution in [0.3, 0.4) is 0 Å². The van der Waals surface area contributed by atoms with E-state index >= 15 is 0 Å². The molecule has 1 aromatic rings. The second-order valence-electron chi connectivity index (χ2n) is 3.66. The molecule has 1 rings (SSSR count). The summed E-state index contributed by atoms with van der Waals surface area (Å²) in [6.07, 6.45) is 0. The first-order chi connectivity index (χ1) is 8.09. The Kier molecular flexibility index (Phi) is 5.56. The van der Waals surface area contributed by atoms with Crippen LogP contribution in [-0.4, -0.2) is 23.3 Å². The molecule has 92 valence electrons. The lowest BCUT2D eigenvalue weighted by Crippen LogP contribution is -2.28. The van der Waals surface area contributed by atoms with Gasteiger partial charge in [0, 0.05) is 0 Å². The zero-order valence-corrected chi connectivity index (χ0v) is 10.5. The number of carbonyl (C=O) groups excluding carboxylic acids is 2. The molecule has 0 aliphatic rings. The van der Waals surface area contributed by atoms with Crippen LogP contribution in [0.1, 0.15) is 18.5 Å². The molecule has 0 heterocycles. The molecule has 1 atom stereocenters. The highest BCUT2D eigenvalue weighted by Crippen LogP contribution is 2.11. The van der Waals surface area contributed by atoms with Crippen LogP contribution in [0.15, 0.2) is 30.3 Å². The summed E-state index contributed by atoms with van der Waals surface area (Å²) in [7, 11) is 0. The molecule has 1 aromatic carbocycles. The Balaban J connectivity index is 2.34. The average molecular weight is 252 g/mol. The van der Waals surface area contributed by atoms with E-state index < -0.39 is 5.91 Å². The second kappa shape index (κ2) is 6.96. The summed E-state index contributed by atoms with van der Waals surface area (Å²) in [5.41, 5.74) is 6.04. The standard InChI is InChI=1S/C12H16N2O2S/c1-9(10-5-3-2-4-6-10)14-12(16)8-17-7-11(13)15/h2-6,9H,7-8H2,1H3,(H2,13,15)(H,14,16)/t9-/m1/s1. The summed E-state index contributed by atoms with van der Waals surface area (Å²) in [5.74, 6) is -0.0701. The molecule has 0 fully saturated rings. The van der Waals surface area contributed by atoms with E-state index in [-0.39, 0.29) is 23.5 Å². The lowest BCUT2D eigenvalue weighted by molar-refractivity contribution is -0.119. The highest BCUT2D eigenvalue weighted by molar-refractivity contribution is 8.00. The molecule has 5 heteroatoms. The van der Waals surface area contributed by atoms with Gasteiger partial charge in [0.2, 0.25) is 11.8 Å². The van der Waals surface area contributed by atoms with E-state index in [0.29, 0.717) is 0 Å². The van der Waals surface area contributed by atoms with Crippen LogP contribution in [0, 0.1) is 0 Å². The number of nitrogens with two attached hydrogens (primary N) is 1. The van der Waals surface area contributed by atoms with Crippen molar-refractivity contribution in [2.45, 2.75) is 13.0 Å². The number of benzene rings is 1. The lowest BCUT2D eigenvalue weighted by atomic mass is 10.1. The van der Waals surface area contributed by atoms with Crippen LogP contribution in [0.25, 0.3) is 0 Å². The third-order valence-corrected chi connectivity index (χ3v) is 3.11. The van der Waals surface area contributed by atoms with Gasteiger partial charge in [0.05, 0.1) is 17.5 Å². The normalized spacial score (nSPS) is 11.8. The quantitative estimate of drug-likeness (QED) is 0.796. The molecule has 0 saturated heterocycles. The van der Waals surface area contributed by atoms with Gasteiger partial charge in [-0.2, -0.15) is 0 Å². The van der Waals surface area contributed by atoms with Crippen LogP contribution in [0.2, 0.25) is 0 Å². The van der Waals surface area contributed by atoms with Gasteiger partial charge < -0.3 is 11.1 Å². The van der Waals surface area contributed by atoms with Crippen molar-refractivity contribution in [2.24, 2.45) is 5.73 Å². The molecule has 4 nitrogen and oxygen atoms in total. The Hall–Kier alpha value is -1.49. The van der Waals surface area contributed by atoms with E-state index in [1.54, 1.807) is 0 Å². The van der Waals surface area contributed by atoms with Crippen molar-refractivity contribution in [3.05, 3.63) is 35.9 Å². The summed E-state index contributed by atoms with van der Waals surface area (Å²) in [6.45, 7) is 1.92. The predicted molar refractivity (Wildman–Crippen MR) is 69.5 cm³/mol. The van der Waals surface area contributed by atoms with E-state index in [1.807, 2.05) is 37.3 Å². The van der Waals surface area contributed by atoms with Crippen LogP contribution in [0.5, 0.6) is 0 Å². The van der Waals surface area contributed by atoms with Gasteiger partial charge in [-0.1, -0.05) is 30.3 Å². The number of hydrogen-bond donors (Lipinski definition) is 2. The minimum Gasteiger partial charge on any atom is -0.369 e. The fourth-order valence-electron chi connectivity index (χ4n) is 1.35. The van der Waals surface area contributed by atoms with Gasteiger partial charge in [-0.05, 0) is 12.5 Å². The third kappa shape index (κ3) is 5.40. The highest BCUT2D eigenvalue weighted by Gasteiger charge is 2.09. The van der Waals surface area contributed by atoms with Crippen LogP contribution in [0.4, 0.5) is 0 Å². The number of hydrogen-bond acceptors (Lipinski definition) is 3. The molecule has 0 unspecified atom stereocenters. The summed E-state index contributed by atoms with van der Waals surface area (Å²) in [5, 5.41) is 2.86. The molecule has 17 heavy (non-hydrogen) atoms. The summed E-state index contributed by atoms with van der Waals surface area (Å²) in [6, 6.07) is 9.68. The zero-order valence-electron chi connectivity index (χ0n) is 9.68. The predicted octanol–water partition coefficient (Wildman–Crippen LogP) is 1.08. The topological polar surface area (TPSA) is 72.2 Å². The minimum absolute atomic E-state index is 0.0297. The SMILES string of the molecule is C[C@@H](NC(=O)CSCC(N)=O)c1ccccc1. The number of thioether (sulfide) groups is 1. The fraction of sp³-hybridized carbons (Fsp3) is 0.333. The maximum atomic E-state index is 11.5. The number of nitrogens with one attached hydrogen (secondary N) is 1. The monoisotopic (exact) mass is 252 g/mol. The molecule has 0 aromatic heterocycles. The van der Waals surface area contributed by atoms with Crippen molar-refractivity contribution >= 4 is 23.6 Å². The largest absolute Gasteiger partial charge is 0.369 e. The van der Waals surface area contributed by atoms with E-state index in [2.05, 4.69) is 5.32 Å². The smallest absolute Gasteiger partial charge is 0.230 e. The molecule has 0 bridgehead atoms. The molecule has 0 spiro atoms. The van der Waals surface area contributed by atoms with Gasteiger partial charge in [-0.25, -0.2) is 0 Å². The van der Waals surface area contributed by atoms with Crippen molar-refractivity contribution < 1.29 is 9.59 Å². The molecule has 0 saturated carbocycles. The first-order valence-corrected chi connectivity index (χ1v) is 6.45. The second-order valence-corrected chi connectivity index (χ2v) is 4.64. The Labute approximate surface area is 105 Å². The van der Waals surface area contributed by atoms with E-state index in [9.17, 15) is 9.59 Å². The number of primary amides is 1. The molecular formula is C12H16N2O2S. The third-order valence-electron chi connectivity index (χ3n) is 2.15. The molecule has 0 aliphatic carbocycles. The first-order valence-electron chi connectivity index (χ1n) is 5.30. The highest BCUT2D eigenvalue weighted by atomic mass is 32.2. The minimum atomic E-state index is -0.404. The van der Waals surface area contributed by atoms with Gasteiger partial charge in [0.15, 0.2) is 0 Å². The molecule has 0 aliphatic heterocycles. The van der Waals surface area contributed by atoms with Crippen molar-refractivity contribution in [3.63, 3.8) is 0 Å². The number of amides is 2. The number of carbonyl (C=O) groups is 2. The molecule has 2 amide bonds. The van der Waals surface area contributed by atoms with Gasteiger partial charge in [0.1, 0.15) is 0 Å². The summed E-state index contributed by atoms with van der Waals surface area (Å²) >= 11 is 1.22. The maximum absolute atomic E-state index is 11.5. The van der Waals surface area contributed by atoms with Crippen LogP contribution in [-0.2, 0) is 9.59 Å². The van der Waals surface area contributed by atoms with Crippen LogP contribution >= 0.6 is 11.8 Å². The lowest BCUT2D eigenvalue weighted by Gasteiger charge is -2.13. The molecule has 3 N–H and O–H groups in total. The Bertz CT molecular complexity index is 381. The van der Waals surface area contributed by atoms with Crippen molar-refractivity contribution in [2.75, 3.05) is 11.5 Å². The Morgan fingerprint density at radius 2 is 1.94 bits per heavy atom. The van der Waals surface area contributed by atoms with Crippen molar-refractivity contribution in [1.82, 2.24) is 5.32 Å². The van der Waals surface area contributed by atoms with Gasteiger partial charge in [0.25, 0.3) is 0 Å². The number of rotatable bonds is 6. The maximum Gasteiger partial charge on any atom is 0.230 e. The van der Waals surface area contributed by atoms with Gasteiger partial charge in [-0.3, -0.25) is 9.59 Å². The van der Waals surface area contributed by atoms with E-state index in [1.165, 1.54) is 11.8 Å². The zero-order chi connectivity index (χ0) is 12.7. The van der Waals surface area contributed by atoms with Crippen LogP contribution < -0.4 is 11.1 Å². The molecular weight excluding hydrogens is 236 g/mol. The Morgan fingerprint density at radius 3 is 2.53 bits per heavy atom. The van der Waals surface area contributed by atoms with Crippen molar-refractivity contribution in [1.29, 1.82) is 0 Å². The Morgan fingerprint density at radius 1 is 1.29 bits per heavy atom. The first kappa shape index (κ1) is 13.6. The van der Waals surface area contributed by atoms with Crippen molar-refractivity contribution in [3.8, 4) is 0 Å².